The average molecular weight is 268 g/mol. The first-order valence-corrected chi connectivity index (χ1v) is 6.67. The van der Waals surface area contributed by atoms with Gasteiger partial charge in [0.15, 0.2) is 0 Å². The Morgan fingerprint density at radius 2 is 2.25 bits per heavy atom. The molecular formula is C9H14ClNO4S. The summed E-state index contributed by atoms with van der Waals surface area (Å²) in [6, 6.07) is 1.43. The Kier molecular flexibility index (Phi) is 4.79. The van der Waals surface area contributed by atoms with Crippen LogP contribution in [-0.2, 0) is 20.6 Å². The highest BCUT2D eigenvalue weighted by Crippen LogP contribution is 2.20. The Morgan fingerprint density at radius 3 is 2.75 bits per heavy atom. The zero-order valence-corrected chi connectivity index (χ0v) is 10.7. The molecule has 1 rings (SSSR count). The van der Waals surface area contributed by atoms with Gasteiger partial charge in [-0.25, -0.2) is 13.1 Å². The molecule has 0 fully saturated rings. The van der Waals surface area contributed by atoms with Crippen LogP contribution in [-0.4, -0.2) is 28.7 Å². The van der Waals surface area contributed by atoms with E-state index in [1.807, 2.05) is 0 Å². The van der Waals surface area contributed by atoms with E-state index in [0.717, 1.165) is 0 Å². The third-order valence-corrected chi connectivity index (χ3v) is 3.77. The van der Waals surface area contributed by atoms with Gasteiger partial charge in [-0.2, -0.15) is 0 Å². The summed E-state index contributed by atoms with van der Waals surface area (Å²) in [4.78, 5) is 0.124. The molecule has 0 aliphatic heterocycles. The number of halogens is 1. The van der Waals surface area contributed by atoms with Crippen LogP contribution < -0.4 is 4.72 Å². The number of hydrogen-bond donors (Lipinski definition) is 1. The zero-order chi connectivity index (χ0) is 12.2. The molecule has 5 nitrogen and oxygen atoms in total. The van der Waals surface area contributed by atoms with Crippen molar-refractivity contribution in [1.82, 2.24) is 4.72 Å². The van der Waals surface area contributed by atoms with Gasteiger partial charge >= 0.3 is 0 Å². The van der Waals surface area contributed by atoms with Crippen LogP contribution in [0, 0.1) is 6.92 Å². The van der Waals surface area contributed by atoms with Gasteiger partial charge in [0.1, 0.15) is 16.4 Å². The van der Waals surface area contributed by atoms with Crippen molar-refractivity contribution >= 4 is 21.6 Å². The third kappa shape index (κ3) is 3.21. The molecule has 1 heterocycles. The Hall–Kier alpha value is -0.560. The van der Waals surface area contributed by atoms with Gasteiger partial charge in [0.25, 0.3) is 0 Å². The van der Waals surface area contributed by atoms with Crippen molar-refractivity contribution in [3.8, 4) is 0 Å². The van der Waals surface area contributed by atoms with Gasteiger partial charge in [0, 0.05) is 19.7 Å². The standard InChI is InChI=1S/C9H14ClNO4S/c1-7-9(5-8(6-10)15-7)16(12,13)11-3-4-14-2/h5,11H,3-4,6H2,1-2H3. The molecular weight excluding hydrogens is 254 g/mol. The quantitative estimate of drug-likeness (QED) is 0.622. The van der Waals surface area contributed by atoms with Gasteiger partial charge in [-0.1, -0.05) is 0 Å². The van der Waals surface area contributed by atoms with E-state index < -0.39 is 10.0 Å². The van der Waals surface area contributed by atoms with E-state index in [1.54, 1.807) is 6.92 Å². The van der Waals surface area contributed by atoms with Crippen LogP contribution in [0.25, 0.3) is 0 Å². The van der Waals surface area contributed by atoms with E-state index in [-0.39, 0.29) is 17.3 Å². The Balaban J connectivity index is 2.85. The fourth-order valence-corrected chi connectivity index (χ4v) is 2.56. The molecule has 0 radical (unpaired) electrons. The van der Waals surface area contributed by atoms with Crippen LogP contribution in [0.2, 0.25) is 0 Å². The largest absolute Gasteiger partial charge is 0.464 e. The molecule has 1 aromatic heterocycles. The summed E-state index contributed by atoms with van der Waals surface area (Å²) in [7, 11) is -2.03. The summed E-state index contributed by atoms with van der Waals surface area (Å²) in [6.07, 6.45) is 0. The predicted octanol–water partition coefficient (Wildman–Crippen LogP) is 1.25. The van der Waals surface area contributed by atoms with Gasteiger partial charge in [-0.15, -0.1) is 11.6 Å². The summed E-state index contributed by atoms with van der Waals surface area (Å²) in [5.74, 6) is 0.917. The average Bonchev–Trinajstić information content (AvgIpc) is 2.60. The van der Waals surface area contributed by atoms with Crippen LogP contribution in [0.4, 0.5) is 0 Å². The normalized spacial score (nSPS) is 11.9. The Bertz CT molecular complexity index is 440. The van der Waals surface area contributed by atoms with Crippen molar-refractivity contribution in [3.05, 3.63) is 17.6 Å². The minimum atomic E-state index is -3.53. The van der Waals surface area contributed by atoms with Crippen LogP contribution in [0.15, 0.2) is 15.4 Å². The fourth-order valence-electron chi connectivity index (χ4n) is 1.21. The first-order valence-electron chi connectivity index (χ1n) is 4.65. The molecule has 0 aromatic carbocycles. The summed E-state index contributed by atoms with van der Waals surface area (Å²) >= 11 is 5.56. The lowest BCUT2D eigenvalue weighted by atomic mass is 10.4. The summed E-state index contributed by atoms with van der Waals surface area (Å²) < 4.78 is 35.9. The molecule has 0 amide bonds. The Labute approximate surface area is 99.8 Å². The van der Waals surface area contributed by atoms with Gasteiger partial charge in [0.05, 0.1) is 12.5 Å². The number of alkyl halides is 1. The first kappa shape index (κ1) is 13.5. The fraction of sp³-hybridized carbons (Fsp3) is 0.556. The number of nitrogens with one attached hydrogen (secondary N) is 1. The minimum absolute atomic E-state index is 0.124. The number of aryl methyl sites for hydroxylation is 1. The maximum atomic E-state index is 11.8. The topological polar surface area (TPSA) is 68.5 Å². The van der Waals surface area contributed by atoms with Crippen molar-refractivity contribution in [1.29, 1.82) is 0 Å². The van der Waals surface area contributed by atoms with Gasteiger partial charge in [-0.3, -0.25) is 0 Å². The highest BCUT2D eigenvalue weighted by Gasteiger charge is 2.20. The highest BCUT2D eigenvalue weighted by atomic mass is 35.5. The second-order valence-corrected chi connectivity index (χ2v) is 5.16. The third-order valence-electron chi connectivity index (χ3n) is 1.94. The second kappa shape index (κ2) is 5.67. The molecule has 1 N–H and O–H groups in total. The monoisotopic (exact) mass is 267 g/mol. The van der Waals surface area contributed by atoms with E-state index in [1.165, 1.54) is 13.2 Å². The molecule has 0 aliphatic rings. The number of rotatable bonds is 6. The summed E-state index contributed by atoms with van der Waals surface area (Å²) in [5.41, 5.74) is 0. The number of hydrogen-bond acceptors (Lipinski definition) is 4. The van der Waals surface area contributed by atoms with Crippen molar-refractivity contribution in [3.63, 3.8) is 0 Å². The maximum absolute atomic E-state index is 11.8. The van der Waals surface area contributed by atoms with E-state index in [9.17, 15) is 8.42 Å². The van der Waals surface area contributed by atoms with Crippen LogP contribution >= 0.6 is 11.6 Å². The zero-order valence-electron chi connectivity index (χ0n) is 9.12. The number of ether oxygens (including phenoxy) is 1. The maximum Gasteiger partial charge on any atom is 0.244 e. The molecule has 0 unspecified atom stereocenters. The van der Waals surface area contributed by atoms with E-state index >= 15 is 0 Å². The van der Waals surface area contributed by atoms with Crippen LogP contribution in [0.3, 0.4) is 0 Å². The summed E-state index contributed by atoms with van der Waals surface area (Å²) in [5, 5.41) is 0. The Morgan fingerprint density at radius 1 is 1.56 bits per heavy atom. The van der Waals surface area contributed by atoms with E-state index in [4.69, 9.17) is 20.8 Å². The van der Waals surface area contributed by atoms with Crippen LogP contribution in [0.5, 0.6) is 0 Å². The molecule has 7 heteroatoms. The van der Waals surface area contributed by atoms with Crippen LogP contribution in [0.1, 0.15) is 11.5 Å². The minimum Gasteiger partial charge on any atom is -0.464 e. The predicted molar refractivity (Wildman–Crippen MR) is 60.1 cm³/mol. The molecule has 0 spiro atoms. The number of furan rings is 1. The number of sulfonamides is 1. The molecule has 0 bridgehead atoms. The molecule has 0 atom stereocenters. The van der Waals surface area contributed by atoms with E-state index in [2.05, 4.69) is 4.72 Å². The highest BCUT2D eigenvalue weighted by molar-refractivity contribution is 7.89. The number of methoxy groups -OCH3 is 1. The lowest BCUT2D eigenvalue weighted by Crippen LogP contribution is -2.27. The molecule has 92 valence electrons. The van der Waals surface area contributed by atoms with Crippen molar-refractivity contribution in [2.75, 3.05) is 20.3 Å². The lowest BCUT2D eigenvalue weighted by Gasteiger charge is -2.04. The molecule has 0 saturated carbocycles. The van der Waals surface area contributed by atoms with Crippen molar-refractivity contribution in [2.24, 2.45) is 0 Å². The van der Waals surface area contributed by atoms with E-state index in [0.29, 0.717) is 18.1 Å². The SMILES string of the molecule is COCCNS(=O)(=O)c1cc(CCl)oc1C. The second-order valence-electron chi connectivity index (χ2n) is 3.16. The smallest absolute Gasteiger partial charge is 0.244 e. The lowest BCUT2D eigenvalue weighted by molar-refractivity contribution is 0.204. The van der Waals surface area contributed by atoms with Crippen molar-refractivity contribution in [2.45, 2.75) is 17.7 Å². The summed E-state index contributed by atoms with van der Waals surface area (Å²) in [6.45, 7) is 2.12. The van der Waals surface area contributed by atoms with Gasteiger partial charge in [-0.05, 0) is 6.92 Å². The molecule has 0 aliphatic carbocycles. The molecule has 16 heavy (non-hydrogen) atoms. The molecule has 1 aromatic rings. The molecule has 0 saturated heterocycles. The van der Waals surface area contributed by atoms with Crippen molar-refractivity contribution < 1.29 is 17.6 Å². The van der Waals surface area contributed by atoms with Gasteiger partial charge in [0.2, 0.25) is 10.0 Å². The first-order chi connectivity index (χ1) is 7.51. The van der Waals surface area contributed by atoms with Gasteiger partial charge < -0.3 is 9.15 Å².